The van der Waals surface area contributed by atoms with E-state index in [1.165, 1.54) is 11.8 Å². The Bertz CT molecular complexity index is 1200. The summed E-state index contributed by atoms with van der Waals surface area (Å²) in [5.41, 5.74) is 1.84. The number of hydrogen-bond acceptors (Lipinski definition) is 7. The zero-order valence-corrected chi connectivity index (χ0v) is 17.3. The van der Waals surface area contributed by atoms with Crippen LogP contribution in [0.2, 0.25) is 0 Å². The van der Waals surface area contributed by atoms with Crippen molar-refractivity contribution in [2.45, 2.75) is 38.1 Å². The highest BCUT2D eigenvalue weighted by atomic mass is 32.2. The molecule has 0 fully saturated rings. The standard InChI is InChI=1S/C18H19N5O2S2/c1-8-10(3)26-17-13(8)16(24)19-14(20-17)11(4)27-18-22-21-15(23(18)5)12-6-7-25-9(12)2/h6-7,11H,1-5H3,(H,19,20,24). The molecule has 0 spiro atoms. The number of aromatic nitrogens is 5. The predicted octanol–water partition coefficient (Wildman–Crippen LogP) is 4.15. The van der Waals surface area contributed by atoms with Crippen LogP contribution in [0.4, 0.5) is 0 Å². The molecular weight excluding hydrogens is 382 g/mol. The van der Waals surface area contributed by atoms with Crippen molar-refractivity contribution >= 4 is 33.3 Å². The Labute approximate surface area is 163 Å². The topological polar surface area (TPSA) is 89.6 Å². The minimum Gasteiger partial charge on any atom is -0.469 e. The first-order valence-electron chi connectivity index (χ1n) is 8.47. The second kappa shape index (κ2) is 6.65. The molecule has 9 heteroatoms. The third-order valence-corrected chi connectivity index (χ3v) is 6.90. The Morgan fingerprint density at radius 2 is 2.07 bits per heavy atom. The fourth-order valence-electron chi connectivity index (χ4n) is 2.95. The van der Waals surface area contributed by atoms with Crippen molar-refractivity contribution in [1.82, 2.24) is 24.7 Å². The van der Waals surface area contributed by atoms with Crippen LogP contribution in [0, 0.1) is 20.8 Å². The molecule has 4 rings (SSSR count). The zero-order valence-electron chi connectivity index (χ0n) is 15.7. The van der Waals surface area contributed by atoms with Crippen molar-refractivity contribution in [2.24, 2.45) is 7.05 Å². The molecule has 27 heavy (non-hydrogen) atoms. The molecule has 0 saturated carbocycles. The third kappa shape index (κ3) is 3.00. The van der Waals surface area contributed by atoms with Gasteiger partial charge in [0.05, 0.1) is 22.5 Å². The van der Waals surface area contributed by atoms with Gasteiger partial charge in [-0.3, -0.25) is 4.79 Å². The molecule has 7 nitrogen and oxygen atoms in total. The van der Waals surface area contributed by atoms with Gasteiger partial charge in [0.15, 0.2) is 11.0 Å². The second-order valence-electron chi connectivity index (χ2n) is 6.43. The van der Waals surface area contributed by atoms with Gasteiger partial charge >= 0.3 is 0 Å². The fourth-order valence-corrected chi connectivity index (χ4v) is 4.86. The van der Waals surface area contributed by atoms with Gasteiger partial charge in [0, 0.05) is 11.9 Å². The van der Waals surface area contributed by atoms with E-state index in [4.69, 9.17) is 4.42 Å². The molecule has 0 saturated heterocycles. The smallest absolute Gasteiger partial charge is 0.259 e. The maximum atomic E-state index is 12.5. The summed E-state index contributed by atoms with van der Waals surface area (Å²) in [5.74, 6) is 2.19. The number of aromatic amines is 1. The Hall–Kier alpha value is -2.39. The Kier molecular flexibility index (Phi) is 4.43. The van der Waals surface area contributed by atoms with E-state index in [1.54, 1.807) is 17.6 Å². The third-order valence-electron chi connectivity index (χ3n) is 4.66. The molecule has 1 N–H and O–H groups in total. The molecule has 1 atom stereocenters. The Morgan fingerprint density at radius 1 is 1.30 bits per heavy atom. The van der Waals surface area contributed by atoms with Crippen molar-refractivity contribution in [1.29, 1.82) is 0 Å². The van der Waals surface area contributed by atoms with Crippen molar-refractivity contribution in [3.05, 3.63) is 44.7 Å². The highest BCUT2D eigenvalue weighted by Crippen LogP contribution is 2.35. The number of furan rings is 1. The van der Waals surface area contributed by atoms with E-state index in [0.29, 0.717) is 11.2 Å². The van der Waals surface area contributed by atoms with E-state index in [0.717, 1.165) is 37.6 Å². The van der Waals surface area contributed by atoms with Crippen molar-refractivity contribution in [2.75, 3.05) is 0 Å². The van der Waals surface area contributed by atoms with Crippen LogP contribution < -0.4 is 5.56 Å². The Balaban J connectivity index is 1.66. The second-order valence-corrected chi connectivity index (χ2v) is 8.94. The Morgan fingerprint density at radius 3 is 2.78 bits per heavy atom. The lowest BCUT2D eigenvalue weighted by Gasteiger charge is -2.10. The van der Waals surface area contributed by atoms with E-state index in [2.05, 4.69) is 20.2 Å². The molecule has 140 valence electrons. The molecule has 0 aliphatic heterocycles. The number of aryl methyl sites for hydroxylation is 3. The van der Waals surface area contributed by atoms with Gasteiger partial charge in [-0.25, -0.2) is 4.98 Å². The highest BCUT2D eigenvalue weighted by molar-refractivity contribution is 7.99. The SMILES string of the molecule is Cc1occc1-c1nnc(SC(C)c2nc3sc(C)c(C)c3c(=O)[nH]2)n1C. The van der Waals surface area contributed by atoms with Crippen LogP contribution in [-0.2, 0) is 7.05 Å². The van der Waals surface area contributed by atoms with Gasteiger partial charge in [0.1, 0.15) is 16.4 Å². The van der Waals surface area contributed by atoms with Crippen LogP contribution in [0.1, 0.15) is 34.2 Å². The van der Waals surface area contributed by atoms with Crippen LogP contribution in [0.25, 0.3) is 21.6 Å². The number of thioether (sulfide) groups is 1. The highest BCUT2D eigenvalue weighted by Gasteiger charge is 2.20. The van der Waals surface area contributed by atoms with Crippen molar-refractivity contribution in [3.8, 4) is 11.4 Å². The van der Waals surface area contributed by atoms with Crippen LogP contribution in [0.3, 0.4) is 0 Å². The number of nitrogens with zero attached hydrogens (tertiary/aromatic N) is 4. The van der Waals surface area contributed by atoms with E-state index < -0.39 is 0 Å². The summed E-state index contributed by atoms with van der Waals surface area (Å²) in [7, 11) is 1.92. The summed E-state index contributed by atoms with van der Waals surface area (Å²) in [6.07, 6.45) is 1.64. The van der Waals surface area contributed by atoms with E-state index in [1.807, 2.05) is 45.4 Å². The first kappa shape index (κ1) is 18.0. The van der Waals surface area contributed by atoms with Crippen LogP contribution >= 0.6 is 23.1 Å². The summed E-state index contributed by atoms with van der Waals surface area (Å²) in [4.78, 5) is 22.0. The van der Waals surface area contributed by atoms with Gasteiger partial charge < -0.3 is 14.0 Å². The molecule has 0 radical (unpaired) electrons. The molecule has 0 aliphatic carbocycles. The van der Waals surface area contributed by atoms with E-state index in [-0.39, 0.29) is 10.8 Å². The zero-order chi connectivity index (χ0) is 19.3. The van der Waals surface area contributed by atoms with Gasteiger partial charge in [0.2, 0.25) is 0 Å². The molecule has 4 aromatic heterocycles. The molecule has 1 unspecified atom stereocenters. The molecule has 0 bridgehead atoms. The van der Waals surface area contributed by atoms with Crippen molar-refractivity contribution in [3.63, 3.8) is 0 Å². The monoisotopic (exact) mass is 401 g/mol. The quantitative estimate of drug-likeness (QED) is 0.517. The summed E-state index contributed by atoms with van der Waals surface area (Å²) in [5, 5.41) is 9.95. The number of nitrogens with one attached hydrogen (secondary N) is 1. The first-order chi connectivity index (χ1) is 12.9. The minimum atomic E-state index is -0.0861. The summed E-state index contributed by atoms with van der Waals surface area (Å²) in [6, 6.07) is 1.88. The lowest BCUT2D eigenvalue weighted by Crippen LogP contribution is -2.12. The van der Waals surface area contributed by atoms with E-state index >= 15 is 0 Å². The molecule has 0 amide bonds. The average molecular weight is 402 g/mol. The lowest BCUT2D eigenvalue weighted by atomic mass is 10.2. The lowest BCUT2D eigenvalue weighted by molar-refractivity contribution is 0.534. The van der Waals surface area contributed by atoms with Gasteiger partial charge in [-0.05, 0) is 39.3 Å². The fraction of sp³-hybridized carbons (Fsp3) is 0.333. The van der Waals surface area contributed by atoms with Crippen LogP contribution in [0.5, 0.6) is 0 Å². The van der Waals surface area contributed by atoms with Crippen molar-refractivity contribution < 1.29 is 4.42 Å². The maximum Gasteiger partial charge on any atom is 0.259 e. The molecule has 4 aromatic rings. The normalized spacial score (nSPS) is 12.8. The summed E-state index contributed by atoms with van der Waals surface area (Å²) < 4.78 is 7.29. The minimum absolute atomic E-state index is 0.0778. The number of hydrogen-bond donors (Lipinski definition) is 1. The summed E-state index contributed by atoms with van der Waals surface area (Å²) in [6.45, 7) is 7.87. The van der Waals surface area contributed by atoms with E-state index in [9.17, 15) is 4.79 Å². The molecule has 0 aliphatic rings. The molecule has 4 heterocycles. The predicted molar refractivity (Wildman–Crippen MR) is 107 cm³/mol. The van der Waals surface area contributed by atoms with Crippen LogP contribution in [0.15, 0.2) is 26.7 Å². The van der Waals surface area contributed by atoms with Gasteiger partial charge in [-0.1, -0.05) is 11.8 Å². The van der Waals surface area contributed by atoms with Gasteiger partial charge in [0.25, 0.3) is 5.56 Å². The number of rotatable bonds is 4. The molecular formula is C18H19N5O2S2. The summed E-state index contributed by atoms with van der Waals surface area (Å²) >= 11 is 3.06. The molecule has 0 aromatic carbocycles. The van der Waals surface area contributed by atoms with Gasteiger partial charge in [-0.15, -0.1) is 21.5 Å². The number of thiophene rings is 1. The number of fused-ring (bicyclic) bond motifs is 1. The first-order valence-corrected chi connectivity index (χ1v) is 10.2. The largest absolute Gasteiger partial charge is 0.469 e. The number of H-pyrrole nitrogens is 1. The van der Waals surface area contributed by atoms with Gasteiger partial charge in [-0.2, -0.15) is 0 Å². The van der Waals surface area contributed by atoms with Crippen LogP contribution in [-0.4, -0.2) is 24.7 Å². The maximum absolute atomic E-state index is 12.5. The average Bonchev–Trinajstić information content (AvgIpc) is 3.27.